The molecule has 2 heterocycles. The molecular weight excluding hydrogens is 286 g/mol. The van der Waals surface area contributed by atoms with Crippen LogP contribution in [-0.2, 0) is 0 Å². The number of carbonyl (C=O) groups excluding carboxylic acids is 2. The van der Waals surface area contributed by atoms with E-state index in [1.54, 1.807) is 25.1 Å². The predicted octanol–water partition coefficient (Wildman–Crippen LogP) is 3.12. The summed E-state index contributed by atoms with van der Waals surface area (Å²) in [5.41, 5.74) is 2.52. The summed E-state index contributed by atoms with van der Waals surface area (Å²) in [4.78, 5) is 33.2. The molecule has 1 amide bonds. The second-order valence-electron chi connectivity index (χ2n) is 5.14. The number of nitrogens with zero attached hydrogens (tertiary/aromatic N) is 2. The van der Waals surface area contributed by atoms with Crippen molar-refractivity contribution in [3.63, 3.8) is 0 Å². The van der Waals surface area contributed by atoms with Gasteiger partial charge in [-0.25, -0.2) is 4.98 Å². The van der Waals surface area contributed by atoms with E-state index in [0.29, 0.717) is 16.8 Å². The number of aromatic amines is 1. The van der Waals surface area contributed by atoms with Crippen LogP contribution < -0.4 is 0 Å². The molecule has 2 aromatic heterocycles. The third kappa shape index (κ3) is 2.76. The van der Waals surface area contributed by atoms with E-state index in [0.717, 1.165) is 10.7 Å². The molecule has 0 unspecified atom stereocenters. The van der Waals surface area contributed by atoms with Crippen molar-refractivity contribution >= 4 is 23.0 Å². The summed E-state index contributed by atoms with van der Waals surface area (Å²) < 4.78 is 0. The lowest BCUT2D eigenvalue weighted by atomic mass is 10.1. The Labute approximate surface area is 128 Å². The van der Waals surface area contributed by atoms with E-state index < -0.39 is 0 Å². The van der Waals surface area contributed by atoms with E-state index >= 15 is 0 Å². The molecule has 0 radical (unpaired) electrons. The summed E-state index contributed by atoms with van der Waals surface area (Å²) in [6, 6.07) is -0.105. The lowest BCUT2D eigenvalue weighted by molar-refractivity contribution is 0.0741. The fourth-order valence-corrected chi connectivity index (χ4v) is 3.12. The van der Waals surface area contributed by atoms with Crippen LogP contribution in [0.2, 0.25) is 0 Å². The quantitative estimate of drug-likeness (QED) is 0.883. The third-order valence-corrected chi connectivity index (χ3v) is 4.66. The maximum Gasteiger partial charge on any atom is 0.256 e. The Hall–Kier alpha value is -1.95. The molecule has 2 rings (SSSR count). The summed E-state index contributed by atoms with van der Waals surface area (Å²) in [6.07, 6.45) is 1.73. The number of aryl methyl sites for hydroxylation is 1. The number of nitrogens with one attached hydrogen (secondary N) is 1. The van der Waals surface area contributed by atoms with Crippen LogP contribution in [0.3, 0.4) is 0 Å². The summed E-state index contributed by atoms with van der Waals surface area (Å²) >= 11 is 1.52. The summed E-state index contributed by atoms with van der Waals surface area (Å²) in [7, 11) is 1.76. The van der Waals surface area contributed by atoms with Crippen LogP contribution in [0.25, 0.3) is 0 Å². The van der Waals surface area contributed by atoms with Gasteiger partial charge in [-0.3, -0.25) is 9.59 Å². The van der Waals surface area contributed by atoms with Crippen LogP contribution in [0.4, 0.5) is 0 Å². The fraction of sp³-hybridized carbons (Fsp3) is 0.400. The van der Waals surface area contributed by atoms with Gasteiger partial charge in [0, 0.05) is 31.2 Å². The van der Waals surface area contributed by atoms with Crippen molar-refractivity contribution < 1.29 is 9.59 Å². The number of Topliss-reactive ketones (excluding diaryl/α,β-unsaturated/α-hetero) is 1. The number of H-pyrrole nitrogens is 1. The first-order valence-corrected chi connectivity index (χ1v) is 7.59. The molecule has 1 atom stereocenters. The molecule has 0 bridgehead atoms. The SMILES string of the molecule is CC(=O)c1[nH]c(C)c(C(=O)N(C)[C@H](C)c2nccs2)c1C. The summed E-state index contributed by atoms with van der Waals surface area (Å²) in [6.45, 7) is 7.05. The third-order valence-electron chi connectivity index (χ3n) is 3.71. The van der Waals surface area contributed by atoms with Crippen molar-refractivity contribution in [2.75, 3.05) is 7.05 Å². The lowest BCUT2D eigenvalue weighted by Gasteiger charge is -2.23. The van der Waals surface area contributed by atoms with Gasteiger partial charge in [0.15, 0.2) is 5.78 Å². The highest BCUT2D eigenvalue weighted by atomic mass is 32.1. The smallest absolute Gasteiger partial charge is 0.256 e. The maximum absolute atomic E-state index is 12.7. The van der Waals surface area contributed by atoms with Crippen LogP contribution in [0.1, 0.15) is 57.0 Å². The minimum atomic E-state index is -0.105. The van der Waals surface area contributed by atoms with Gasteiger partial charge >= 0.3 is 0 Å². The summed E-state index contributed by atoms with van der Waals surface area (Å²) in [5.74, 6) is -0.165. The monoisotopic (exact) mass is 305 g/mol. The number of amides is 1. The largest absolute Gasteiger partial charge is 0.355 e. The standard InChI is InChI=1S/C15H19N3O2S/c1-8-12(9(2)17-13(8)11(4)19)15(20)18(5)10(3)14-16-6-7-21-14/h6-7,10,17H,1-5H3/t10-/m1/s1. The van der Waals surface area contributed by atoms with Crippen molar-refractivity contribution in [3.05, 3.63) is 39.1 Å². The number of rotatable bonds is 4. The fourth-order valence-electron chi connectivity index (χ4n) is 2.38. The zero-order valence-electron chi connectivity index (χ0n) is 12.9. The van der Waals surface area contributed by atoms with Gasteiger partial charge in [0.05, 0.1) is 17.3 Å². The topological polar surface area (TPSA) is 66.1 Å². The Kier molecular flexibility index (Phi) is 4.27. The minimum Gasteiger partial charge on any atom is -0.355 e. The molecule has 0 aliphatic carbocycles. The van der Waals surface area contributed by atoms with Crippen molar-refractivity contribution in [1.29, 1.82) is 0 Å². The van der Waals surface area contributed by atoms with Gasteiger partial charge in [-0.2, -0.15) is 0 Å². The number of carbonyl (C=O) groups is 2. The molecule has 112 valence electrons. The molecule has 2 aromatic rings. The molecule has 1 N–H and O–H groups in total. The van der Waals surface area contributed by atoms with Crippen molar-refractivity contribution in [1.82, 2.24) is 14.9 Å². The highest BCUT2D eigenvalue weighted by Gasteiger charge is 2.26. The molecule has 0 fully saturated rings. The van der Waals surface area contributed by atoms with Gasteiger partial charge in [-0.05, 0) is 26.3 Å². The van der Waals surface area contributed by atoms with Crippen LogP contribution in [0.15, 0.2) is 11.6 Å². The molecular formula is C15H19N3O2S. The van der Waals surface area contributed by atoms with Crippen LogP contribution >= 0.6 is 11.3 Å². The van der Waals surface area contributed by atoms with Crippen molar-refractivity contribution in [3.8, 4) is 0 Å². The van der Waals surface area contributed by atoms with E-state index in [4.69, 9.17) is 0 Å². The Balaban J connectivity index is 2.34. The zero-order chi connectivity index (χ0) is 15.7. The molecule has 0 saturated heterocycles. The van der Waals surface area contributed by atoms with E-state index in [1.165, 1.54) is 18.3 Å². The number of thiazole rings is 1. The molecule has 21 heavy (non-hydrogen) atoms. The van der Waals surface area contributed by atoms with Gasteiger partial charge in [0.25, 0.3) is 5.91 Å². The number of aromatic nitrogens is 2. The Morgan fingerprint density at radius 1 is 1.38 bits per heavy atom. The average Bonchev–Trinajstić information content (AvgIpc) is 3.05. The first-order valence-electron chi connectivity index (χ1n) is 6.71. The number of hydrogen-bond acceptors (Lipinski definition) is 4. The molecule has 0 aliphatic heterocycles. The van der Waals surface area contributed by atoms with Crippen molar-refractivity contribution in [2.45, 2.75) is 33.7 Å². The number of hydrogen-bond donors (Lipinski definition) is 1. The molecule has 5 nitrogen and oxygen atoms in total. The van der Waals surface area contributed by atoms with Crippen LogP contribution in [0.5, 0.6) is 0 Å². The van der Waals surface area contributed by atoms with E-state index in [1.807, 2.05) is 19.2 Å². The molecule has 0 aliphatic rings. The van der Waals surface area contributed by atoms with Gasteiger partial charge < -0.3 is 9.88 Å². The van der Waals surface area contributed by atoms with Crippen molar-refractivity contribution in [2.24, 2.45) is 0 Å². The predicted molar refractivity (Wildman–Crippen MR) is 82.9 cm³/mol. The van der Waals surface area contributed by atoms with Gasteiger partial charge in [-0.15, -0.1) is 11.3 Å². The normalized spacial score (nSPS) is 12.2. The zero-order valence-corrected chi connectivity index (χ0v) is 13.7. The van der Waals surface area contributed by atoms with Gasteiger partial charge in [-0.1, -0.05) is 0 Å². The summed E-state index contributed by atoms with van der Waals surface area (Å²) in [5, 5.41) is 2.79. The second kappa shape index (κ2) is 5.81. The van der Waals surface area contributed by atoms with Gasteiger partial charge in [0.2, 0.25) is 0 Å². The van der Waals surface area contributed by atoms with Crippen LogP contribution in [-0.4, -0.2) is 33.6 Å². The Morgan fingerprint density at radius 3 is 2.52 bits per heavy atom. The van der Waals surface area contributed by atoms with E-state index in [9.17, 15) is 9.59 Å². The first kappa shape index (κ1) is 15.4. The van der Waals surface area contributed by atoms with E-state index in [-0.39, 0.29) is 17.7 Å². The molecule has 0 aromatic carbocycles. The maximum atomic E-state index is 12.7. The van der Waals surface area contributed by atoms with Gasteiger partial charge in [0.1, 0.15) is 5.01 Å². The van der Waals surface area contributed by atoms with E-state index in [2.05, 4.69) is 9.97 Å². The molecule has 0 saturated carbocycles. The first-order chi connectivity index (χ1) is 9.84. The molecule has 6 heteroatoms. The Morgan fingerprint density at radius 2 is 2.05 bits per heavy atom. The lowest BCUT2D eigenvalue weighted by Crippen LogP contribution is -2.30. The number of ketones is 1. The highest BCUT2D eigenvalue weighted by Crippen LogP contribution is 2.26. The highest BCUT2D eigenvalue weighted by molar-refractivity contribution is 7.09. The average molecular weight is 305 g/mol. The second-order valence-corrected chi connectivity index (χ2v) is 6.07. The molecule has 0 spiro atoms. The Bertz CT molecular complexity index is 673. The minimum absolute atomic E-state index is 0.0646. The van der Waals surface area contributed by atoms with Crippen LogP contribution in [0, 0.1) is 13.8 Å².